The maximum Gasteiger partial charge on any atom is 0.416 e. The summed E-state index contributed by atoms with van der Waals surface area (Å²) in [6, 6.07) is 15.8. The SMILES string of the molecule is Cc1nn(-c2ccc(C(F)(F)F)cc2)cc1CN(Cc1ccc(OC(C)(C)C(=O)O)cc1)Cc1ccco1. The second kappa shape index (κ2) is 10.7. The number of rotatable bonds is 10. The van der Waals surface area contributed by atoms with Crippen LogP contribution in [0.2, 0.25) is 0 Å². The zero-order valence-corrected chi connectivity index (χ0v) is 21.2. The molecule has 0 aliphatic heterocycles. The van der Waals surface area contributed by atoms with Crippen molar-refractivity contribution in [1.29, 1.82) is 0 Å². The molecule has 200 valence electrons. The Labute approximate surface area is 218 Å². The van der Waals surface area contributed by atoms with Crippen LogP contribution in [0.1, 0.15) is 42.0 Å². The van der Waals surface area contributed by atoms with Crippen LogP contribution >= 0.6 is 0 Å². The van der Waals surface area contributed by atoms with E-state index in [0.29, 0.717) is 31.1 Å². The number of alkyl halides is 3. The van der Waals surface area contributed by atoms with Crippen molar-refractivity contribution < 1.29 is 32.2 Å². The lowest BCUT2D eigenvalue weighted by Crippen LogP contribution is -2.37. The predicted molar refractivity (Wildman–Crippen MR) is 134 cm³/mol. The summed E-state index contributed by atoms with van der Waals surface area (Å²) in [5.74, 6) is 0.173. The van der Waals surface area contributed by atoms with Gasteiger partial charge in [0.05, 0.1) is 29.8 Å². The molecule has 2 aromatic carbocycles. The Morgan fingerprint density at radius 1 is 1.03 bits per heavy atom. The minimum absolute atomic E-state index is 0.451. The van der Waals surface area contributed by atoms with Gasteiger partial charge in [-0.25, -0.2) is 9.48 Å². The summed E-state index contributed by atoms with van der Waals surface area (Å²) in [6.07, 6.45) is -0.970. The fraction of sp³-hybridized carbons (Fsp3) is 0.286. The molecule has 2 aromatic heterocycles. The van der Waals surface area contributed by atoms with E-state index < -0.39 is 23.3 Å². The van der Waals surface area contributed by atoms with E-state index in [1.54, 1.807) is 23.1 Å². The molecule has 4 aromatic rings. The first-order valence-electron chi connectivity index (χ1n) is 11.9. The molecule has 38 heavy (non-hydrogen) atoms. The number of ether oxygens (including phenoxy) is 1. The van der Waals surface area contributed by atoms with Gasteiger partial charge in [-0.1, -0.05) is 12.1 Å². The molecule has 0 aliphatic rings. The molecule has 0 spiro atoms. The molecule has 10 heteroatoms. The molecule has 1 N–H and O–H groups in total. The van der Waals surface area contributed by atoms with Gasteiger partial charge in [0.1, 0.15) is 11.5 Å². The molecule has 0 unspecified atom stereocenters. The van der Waals surface area contributed by atoms with Gasteiger partial charge in [0.25, 0.3) is 0 Å². The van der Waals surface area contributed by atoms with Crippen LogP contribution in [0.3, 0.4) is 0 Å². The number of aliphatic carboxylic acids is 1. The van der Waals surface area contributed by atoms with Crippen molar-refractivity contribution in [3.63, 3.8) is 0 Å². The number of furan rings is 1. The maximum atomic E-state index is 12.9. The Bertz CT molecular complexity index is 1360. The third-order valence-electron chi connectivity index (χ3n) is 6.03. The molecular weight excluding hydrogens is 499 g/mol. The Balaban J connectivity index is 1.51. The smallest absolute Gasteiger partial charge is 0.416 e. The first-order chi connectivity index (χ1) is 17.9. The first kappa shape index (κ1) is 27.0. The second-order valence-corrected chi connectivity index (χ2v) is 9.51. The van der Waals surface area contributed by atoms with Gasteiger partial charge < -0.3 is 14.3 Å². The summed E-state index contributed by atoms with van der Waals surface area (Å²) in [4.78, 5) is 13.5. The average Bonchev–Trinajstić information content (AvgIpc) is 3.49. The van der Waals surface area contributed by atoms with Crippen LogP contribution in [-0.2, 0) is 30.6 Å². The number of carboxylic acid groups (broad SMARTS) is 1. The number of benzene rings is 2. The molecule has 0 saturated heterocycles. The van der Waals surface area contributed by atoms with Crippen molar-refractivity contribution in [3.8, 4) is 11.4 Å². The Morgan fingerprint density at radius 3 is 2.29 bits per heavy atom. The van der Waals surface area contributed by atoms with Crippen molar-refractivity contribution in [3.05, 3.63) is 101 Å². The third kappa shape index (κ3) is 6.63. The molecule has 7 nitrogen and oxygen atoms in total. The predicted octanol–water partition coefficient (Wildman–Crippen LogP) is 6.24. The Hall–Kier alpha value is -4.05. The molecule has 0 bridgehead atoms. The van der Waals surface area contributed by atoms with E-state index in [1.807, 2.05) is 37.4 Å². The molecule has 0 atom stereocenters. The van der Waals surface area contributed by atoms with Gasteiger partial charge in [0.15, 0.2) is 5.60 Å². The highest BCUT2D eigenvalue weighted by atomic mass is 19.4. The summed E-state index contributed by atoms with van der Waals surface area (Å²) in [5, 5.41) is 13.8. The normalized spacial score (nSPS) is 12.2. The van der Waals surface area contributed by atoms with E-state index in [0.717, 1.165) is 34.7 Å². The van der Waals surface area contributed by atoms with Crippen LogP contribution in [0.25, 0.3) is 5.69 Å². The highest BCUT2D eigenvalue weighted by molar-refractivity contribution is 5.76. The molecule has 0 amide bonds. The van der Waals surface area contributed by atoms with E-state index in [4.69, 9.17) is 9.15 Å². The first-order valence-corrected chi connectivity index (χ1v) is 11.9. The molecule has 0 saturated carbocycles. The average molecular weight is 528 g/mol. The van der Waals surface area contributed by atoms with Crippen LogP contribution in [-0.4, -0.2) is 31.4 Å². The van der Waals surface area contributed by atoms with E-state index in [1.165, 1.54) is 26.0 Å². The minimum Gasteiger partial charge on any atom is -0.478 e. The number of halogens is 3. The van der Waals surface area contributed by atoms with Gasteiger partial charge in [-0.05, 0) is 74.9 Å². The highest BCUT2D eigenvalue weighted by Gasteiger charge is 2.30. The van der Waals surface area contributed by atoms with Gasteiger partial charge in [-0.2, -0.15) is 18.3 Å². The minimum atomic E-state index is -4.40. The maximum absolute atomic E-state index is 12.9. The molecule has 0 radical (unpaired) electrons. The quantitative estimate of drug-likeness (QED) is 0.263. The van der Waals surface area contributed by atoms with Gasteiger partial charge in [0, 0.05) is 24.8 Å². The number of carbonyl (C=O) groups is 1. The number of aromatic nitrogens is 2. The van der Waals surface area contributed by atoms with Crippen LogP contribution in [0, 0.1) is 6.92 Å². The van der Waals surface area contributed by atoms with Gasteiger partial charge in [-0.3, -0.25) is 4.90 Å². The van der Waals surface area contributed by atoms with E-state index in [-0.39, 0.29) is 0 Å². The lowest BCUT2D eigenvalue weighted by atomic mass is 10.1. The zero-order chi connectivity index (χ0) is 27.5. The third-order valence-corrected chi connectivity index (χ3v) is 6.03. The fourth-order valence-corrected chi connectivity index (χ4v) is 3.88. The second-order valence-electron chi connectivity index (χ2n) is 9.51. The van der Waals surface area contributed by atoms with Crippen LogP contribution in [0.15, 0.2) is 77.5 Å². The summed E-state index contributed by atoms with van der Waals surface area (Å²) in [5.41, 5.74) is 1.12. The fourth-order valence-electron chi connectivity index (χ4n) is 3.88. The number of hydrogen-bond donors (Lipinski definition) is 1. The number of carboxylic acids is 1. The molecule has 2 heterocycles. The van der Waals surface area contributed by atoms with Crippen molar-refractivity contribution in [2.75, 3.05) is 0 Å². The van der Waals surface area contributed by atoms with Gasteiger partial charge in [-0.15, -0.1) is 0 Å². The standard InChI is InChI=1S/C28H28F3N3O4/c1-19-21(17-34(32-19)23-10-8-22(9-11-23)28(29,30)31)16-33(18-25-5-4-14-37-25)15-20-6-12-24(13-7-20)38-27(2,3)26(35)36/h4-14,17H,15-16,18H2,1-3H3,(H,35,36). The van der Waals surface area contributed by atoms with Crippen LogP contribution in [0.4, 0.5) is 13.2 Å². The summed E-state index contributed by atoms with van der Waals surface area (Å²) in [6.45, 7) is 6.41. The number of nitrogens with zero attached hydrogens (tertiary/aromatic N) is 3. The van der Waals surface area contributed by atoms with Gasteiger partial charge in [0.2, 0.25) is 0 Å². The van der Waals surface area contributed by atoms with Crippen molar-refractivity contribution in [2.45, 2.75) is 52.2 Å². The highest BCUT2D eigenvalue weighted by Crippen LogP contribution is 2.30. The Morgan fingerprint density at radius 2 is 1.71 bits per heavy atom. The summed E-state index contributed by atoms with van der Waals surface area (Å²) >= 11 is 0. The largest absolute Gasteiger partial charge is 0.478 e. The van der Waals surface area contributed by atoms with Crippen molar-refractivity contribution in [2.24, 2.45) is 0 Å². The van der Waals surface area contributed by atoms with E-state index in [9.17, 15) is 23.1 Å². The number of aryl methyl sites for hydroxylation is 1. The topological polar surface area (TPSA) is 80.7 Å². The molecular formula is C28H28F3N3O4. The lowest BCUT2D eigenvalue weighted by Gasteiger charge is -2.23. The van der Waals surface area contributed by atoms with E-state index >= 15 is 0 Å². The summed E-state index contributed by atoms with van der Waals surface area (Å²) < 4.78 is 51.5. The zero-order valence-electron chi connectivity index (χ0n) is 21.2. The Kier molecular flexibility index (Phi) is 7.63. The van der Waals surface area contributed by atoms with E-state index in [2.05, 4.69) is 10.00 Å². The van der Waals surface area contributed by atoms with Crippen molar-refractivity contribution in [1.82, 2.24) is 14.7 Å². The van der Waals surface area contributed by atoms with Crippen LogP contribution < -0.4 is 4.74 Å². The molecule has 4 rings (SSSR count). The van der Waals surface area contributed by atoms with Gasteiger partial charge >= 0.3 is 12.1 Å². The molecule has 0 fully saturated rings. The number of hydrogen-bond acceptors (Lipinski definition) is 5. The monoisotopic (exact) mass is 527 g/mol. The lowest BCUT2D eigenvalue weighted by molar-refractivity contribution is -0.152. The van der Waals surface area contributed by atoms with Crippen molar-refractivity contribution >= 4 is 5.97 Å². The molecule has 0 aliphatic carbocycles. The summed E-state index contributed by atoms with van der Waals surface area (Å²) in [7, 11) is 0. The van der Waals surface area contributed by atoms with Crippen LogP contribution in [0.5, 0.6) is 5.75 Å².